The van der Waals surface area contributed by atoms with Crippen molar-refractivity contribution in [2.75, 3.05) is 26.2 Å². The summed E-state index contributed by atoms with van der Waals surface area (Å²) in [5, 5.41) is 5.88. The van der Waals surface area contributed by atoms with Gasteiger partial charge in [-0.15, -0.1) is 22.7 Å². The van der Waals surface area contributed by atoms with E-state index in [2.05, 4.69) is 14.9 Å². The van der Waals surface area contributed by atoms with E-state index >= 15 is 0 Å². The average molecular weight is 499 g/mol. The van der Waals surface area contributed by atoms with Crippen LogP contribution in [0.1, 0.15) is 11.4 Å². The predicted molar refractivity (Wildman–Crippen MR) is 135 cm³/mol. The van der Waals surface area contributed by atoms with Crippen molar-refractivity contribution in [1.29, 1.82) is 0 Å². The van der Waals surface area contributed by atoms with E-state index in [-0.39, 0.29) is 5.56 Å². The maximum absolute atomic E-state index is 12.8. The first-order chi connectivity index (χ1) is 16.0. The van der Waals surface area contributed by atoms with Gasteiger partial charge in [0.15, 0.2) is 0 Å². The molecule has 4 aromatic rings. The largest absolute Gasteiger partial charge is 0.309 e. The molecule has 3 aromatic heterocycles. The number of H-pyrrole nitrogens is 1. The highest BCUT2D eigenvalue weighted by Gasteiger charge is 2.25. The molecule has 1 aliphatic heterocycles. The van der Waals surface area contributed by atoms with Gasteiger partial charge in [-0.05, 0) is 23.1 Å². The summed E-state index contributed by atoms with van der Waals surface area (Å²) in [4.78, 5) is 24.3. The molecule has 0 saturated carbocycles. The van der Waals surface area contributed by atoms with Crippen LogP contribution in [0.25, 0.3) is 26.7 Å². The maximum atomic E-state index is 12.8. The van der Waals surface area contributed by atoms with Crippen LogP contribution in [0, 0.1) is 0 Å². The highest BCUT2D eigenvalue weighted by Crippen LogP contribution is 2.33. The van der Waals surface area contributed by atoms with Gasteiger partial charge in [0, 0.05) is 47.4 Å². The molecule has 7 nitrogen and oxygen atoms in total. The highest BCUT2D eigenvalue weighted by molar-refractivity contribution is 7.92. The fourth-order valence-electron chi connectivity index (χ4n) is 3.85. The first kappa shape index (κ1) is 22.2. The van der Waals surface area contributed by atoms with Gasteiger partial charge in [0.1, 0.15) is 10.7 Å². The summed E-state index contributed by atoms with van der Waals surface area (Å²) in [6, 6.07) is 13.3. The van der Waals surface area contributed by atoms with E-state index in [0.29, 0.717) is 43.9 Å². The van der Waals surface area contributed by atoms with Crippen LogP contribution in [-0.4, -0.2) is 53.8 Å². The normalized spacial score (nSPS) is 16.1. The predicted octanol–water partition coefficient (Wildman–Crippen LogP) is 3.83. The van der Waals surface area contributed by atoms with Crippen molar-refractivity contribution in [3.63, 3.8) is 0 Å². The molecule has 4 heterocycles. The molecule has 0 bridgehead atoms. The smallest absolute Gasteiger partial charge is 0.260 e. The number of hydrogen-bond donors (Lipinski definition) is 1. The molecule has 1 N–H and O–H groups in total. The van der Waals surface area contributed by atoms with Crippen LogP contribution in [0.2, 0.25) is 0 Å². The standard InChI is InChI=1S/C23H22N4O3S3/c28-22-21-18(19-7-4-13-31-19)16-32-23(21)25-20(24-22)15-26-9-11-27(12-10-26)33(29,30)14-8-17-5-2-1-3-6-17/h1-8,13-14,16H,9-12,15H2,(H,24,25,28). The summed E-state index contributed by atoms with van der Waals surface area (Å²) >= 11 is 3.07. The van der Waals surface area contributed by atoms with Crippen molar-refractivity contribution >= 4 is 49.0 Å². The Hall–Kier alpha value is -2.63. The number of fused-ring (bicyclic) bond motifs is 1. The molecule has 0 amide bonds. The quantitative estimate of drug-likeness (QED) is 0.437. The van der Waals surface area contributed by atoms with E-state index in [1.54, 1.807) is 17.4 Å². The zero-order valence-electron chi connectivity index (χ0n) is 17.7. The molecular weight excluding hydrogens is 476 g/mol. The molecule has 1 aromatic carbocycles. The van der Waals surface area contributed by atoms with E-state index in [0.717, 1.165) is 20.8 Å². The Morgan fingerprint density at radius 3 is 2.55 bits per heavy atom. The average Bonchev–Trinajstić information content (AvgIpc) is 3.49. The minimum atomic E-state index is -3.48. The van der Waals surface area contributed by atoms with Crippen molar-refractivity contribution in [2.24, 2.45) is 0 Å². The van der Waals surface area contributed by atoms with Gasteiger partial charge in [0.2, 0.25) is 10.0 Å². The van der Waals surface area contributed by atoms with Crippen molar-refractivity contribution < 1.29 is 8.42 Å². The SMILES string of the molecule is O=c1[nH]c(CN2CCN(S(=O)(=O)C=Cc3ccccc3)CC2)nc2scc(-c3cccs3)c12. The van der Waals surface area contributed by atoms with E-state index in [9.17, 15) is 13.2 Å². The lowest BCUT2D eigenvalue weighted by atomic mass is 10.2. The van der Waals surface area contributed by atoms with Gasteiger partial charge in [-0.2, -0.15) is 4.31 Å². The second-order valence-corrected chi connectivity index (χ2v) is 11.4. The third-order valence-electron chi connectivity index (χ3n) is 5.58. The Morgan fingerprint density at radius 2 is 1.82 bits per heavy atom. The number of thiophene rings is 2. The Balaban J connectivity index is 1.25. The molecule has 0 unspecified atom stereocenters. The zero-order chi connectivity index (χ0) is 22.8. The molecule has 170 valence electrons. The van der Waals surface area contributed by atoms with Gasteiger partial charge in [0.05, 0.1) is 11.9 Å². The number of aromatic nitrogens is 2. The summed E-state index contributed by atoms with van der Waals surface area (Å²) in [5.41, 5.74) is 1.64. The van der Waals surface area contributed by atoms with Gasteiger partial charge in [-0.3, -0.25) is 9.69 Å². The van der Waals surface area contributed by atoms with Gasteiger partial charge >= 0.3 is 0 Å². The lowest BCUT2D eigenvalue weighted by Crippen LogP contribution is -2.47. The first-order valence-corrected chi connectivity index (χ1v) is 13.8. The van der Waals surface area contributed by atoms with Crippen molar-refractivity contribution in [1.82, 2.24) is 19.2 Å². The van der Waals surface area contributed by atoms with E-state index in [1.165, 1.54) is 21.1 Å². The van der Waals surface area contributed by atoms with E-state index < -0.39 is 10.0 Å². The molecular formula is C23H22N4O3S3. The topological polar surface area (TPSA) is 86.4 Å². The van der Waals surface area contributed by atoms with Crippen molar-refractivity contribution in [2.45, 2.75) is 6.54 Å². The molecule has 33 heavy (non-hydrogen) atoms. The van der Waals surface area contributed by atoms with Gasteiger partial charge in [-0.25, -0.2) is 13.4 Å². The summed E-state index contributed by atoms with van der Waals surface area (Å²) in [5.74, 6) is 0.604. The first-order valence-electron chi connectivity index (χ1n) is 10.5. The molecule has 0 aliphatic carbocycles. The minimum absolute atomic E-state index is 0.132. The highest BCUT2D eigenvalue weighted by atomic mass is 32.2. The lowest BCUT2D eigenvalue weighted by Gasteiger charge is -2.32. The molecule has 1 aliphatic rings. The molecule has 5 rings (SSSR count). The summed E-state index contributed by atoms with van der Waals surface area (Å²) in [6.45, 7) is 2.42. The third kappa shape index (κ3) is 4.85. The number of rotatable bonds is 6. The van der Waals surface area contributed by atoms with E-state index in [4.69, 9.17) is 0 Å². The molecule has 10 heteroatoms. The molecule has 0 atom stereocenters. The number of hydrogen-bond acceptors (Lipinski definition) is 7. The van der Waals surface area contributed by atoms with Crippen LogP contribution >= 0.6 is 22.7 Å². The van der Waals surface area contributed by atoms with Crippen LogP contribution in [-0.2, 0) is 16.6 Å². The number of benzene rings is 1. The lowest BCUT2D eigenvalue weighted by molar-refractivity contribution is 0.179. The number of sulfonamides is 1. The van der Waals surface area contributed by atoms with Gasteiger partial charge < -0.3 is 4.98 Å². The fraction of sp³-hybridized carbons (Fsp3) is 0.217. The molecule has 1 saturated heterocycles. The number of nitrogens with one attached hydrogen (secondary N) is 1. The van der Waals surface area contributed by atoms with E-state index in [1.807, 2.05) is 53.2 Å². The Bertz CT molecular complexity index is 1430. The second-order valence-electron chi connectivity index (χ2n) is 7.75. The van der Waals surface area contributed by atoms with Gasteiger partial charge in [-0.1, -0.05) is 36.4 Å². The Kier molecular flexibility index (Phi) is 6.26. The number of aromatic amines is 1. The van der Waals surface area contributed by atoms with Gasteiger partial charge in [0.25, 0.3) is 5.56 Å². The molecule has 0 radical (unpaired) electrons. The van der Waals surface area contributed by atoms with Crippen LogP contribution < -0.4 is 5.56 Å². The van der Waals surface area contributed by atoms with Crippen LogP contribution in [0.3, 0.4) is 0 Å². The third-order valence-corrected chi connectivity index (χ3v) is 8.92. The maximum Gasteiger partial charge on any atom is 0.260 e. The van der Waals surface area contributed by atoms with Crippen molar-refractivity contribution in [3.05, 3.63) is 80.4 Å². The Labute approximate surface area is 199 Å². The van der Waals surface area contributed by atoms with Crippen LogP contribution in [0.5, 0.6) is 0 Å². The molecule has 0 spiro atoms. The van der Waals surface area contributed by atoms with Crippen LogP contribution in [0.4, 0.5) is 0 Å². The van der Waals surface area contributed by atoms with Crippen molar-refractivity contribution in [3.8, 4) is 10.4 Å². The monoisotopic (exact) mass is 498 g/mol. The minimum Gasteiger partial charge on any atom is -0.309 e. The fourth-order valence-corrected chi connectivity index (χ4v) is 6.80. The number of nitrogens with zero attached hydrogens (tertiary/aromatic N) is 3. The summed E-state index contributed by atoms with van der Waals surface area (Å²) < 4.78 is 26.9. The second kappa shape index (κ2) is 9.32. The Morgan fingerprint density at radius 1 is 1.03 bits per heavy atom. The summed E-state index contributed by atoms with van der Waals surface area (Å²) in [7, 11) is -3.48. The zero-order valence-corrected chi connectivity index (χ0v) is 20.1. The summed E-state index contributed by atoms with van der Waals surface area (Å²) in [6.07, 6.45) is 1.62. The van der Waals surface area contributed by atoms with Crippen LogP contribution in [0.15, 0.2) is 63.4 Å². The molecule has 1 fully saturated rings. The number of piperazine rings is 1.